The Morgan fingerprint density at radius 2 is 1.89 bits per heavy atom. The number of aromatic nitrogens is 2. The van der Waals surface area contributed by atoms with E-state index in [1.807, 2.05) is 22.8 Å². The molecular weight excluding hydrogens is 374 g/mol. The largest absolute Gasteiger partial charge is 0.384 e. The molecule has 3 rings (SSSR count). The topological polar surface area (TPSA) is 64.4 Å². The highest BCUT2D eigenvalue weighted by atomic mass is 32.2. The van der Waals surface area contributed by atoms with E-state index in [-0.39, 0.29) is 10.9 Å². The van der Waals surface area contributed by atoms with Gasteiger partial charge in [0.2, 0.25) is 15.0 Å². The van der Waals surface area contributed by atoms with Crippen LogP contribution in [0.15, 0.2) is 41.7 Å². The number of hydrogen-bond acceptors (Lipinski definition) is 5. The number of aryl methyl sites for hydroxylation is 1. The average Bonchev–Trinajstić information content (AvgIpc) is 3.12. The van der Waals surface area contributed by atoms with Gasteiger partial charge in [-0.3, -0.25) is 4.90 Å². The summed E-state index contributed by atoms with van der Waals surface area (Å²) in [4.78, 5) is 6.70. The molecule has 1 fully saturated rings. The van der Waals surface area contributed by atoms with Gasteiger partial charge in [-0.2, -0.15) is 0 Å². The van der Waals surface area contributed by atoms with Crippen molar-refractivity contribution in [2.45, 2.75) is 44.4 Å². The molecule has 0 amide bonds. The molecule has 1 aliphatic heterocycles. The lowest BCUT2D eigenvalue weighted by atomic mass is 9.98. The van der Waals surface area contributed by atoms with Gasteiger partial charge >= 0.3 is 0 Å². The molecule has 28 heavy (non-hydrogen) atoms. The highest BCUT2D eigenvalue weighted by molar-refractivity contribution is 7.91. The summed E-state index contributed by atoms with van der Waals surface area (Å²) in [6, 6.07) is 10.2. The van der Waals surface area contributed by atoms with Crippen molar-refractivity contribution in [3.05, 3.63) is 47.8 Å². The molecule has 2 aromatic rings. The van der Waals surface area contributed by atoms with Crippen molar-refractivity contribution < 1.29 is 13.2 Å². The molecule has 154 valence electrons. The molecule has 0 atom stereocenters. The second-order valence-corrected chi connectivity index (χ2v) is 9.67. The van der Waals surface area contributed by atoms with Gasteiger partial charge in [0, 0.05) is 26.8 Å². The normalized spacial score (nSPS) is 16.5. The Kier molecular flexibility index (Phi) is 7.26. The van der Waals surface area contributed by atoms with Crippen LogP contribution in [0.2, 0.25) is 0 Å². The zero-order chi connectivity index (χ0) is 20.0. The molecule has 0 bridgehead atoms. The lowest BCUT2D eigenvalue weighted by Gasteiger charge is -2.31. The van der Waals surface area contributed by atoms with E-state index in [0.717, 1.165) is 51.2 Å². The number of rotatable bonds is 9. The van der Waals surface area contributed by atoms with Crippen LogP contribution in [-0.2, 0) is 34.1 Å². The van der Waals surface area contributed by atoms with Crippen LogP contribution in [0.5, 0.6) is 0 Å². The van der Waals surface area contributed by atoms with Gasteiger partial charge in [-0.15, -0.1) is 0 Å². The van der Waals surface area contributed by atoms with Crippen LogP contribution in [0, 0.1) is 5.92 Å². The number of piperidine rings is 1. The van der Waals surface area contributed by atoms with Crippen molar-refractivity contribution in [2.75, 3.05) is 32.6 Å². The monoisotopic (exact) mass is 405 g/mol. The fourth-order valence-electron chi connectivity index (χ4n) is 3.80. The highest BCUT2D eigenvalue weighted by Crippen LogP contribution is 2.21. The van der Waals surface area contributed by atoms with Crippen molar-refractivity contribution in [1.29, 1.82) is 0 Å². The van der Waals surface area contributed by atoms with E-state index in [2.05, 4.69) is 22.0 Å². The zero-order valence-electron chi connectivity index (χ0n) is 16.9. The SMILES string of the molecule is CCS(=O)(=O)c1ncc(CN2CCC(COC)CC2)n1CCc1ccccc1. The summed E-state index contributed by atoms with van der Waals surface area (Å²) in [5.41, 5.74) is 2.18. The van der Waals surface area contributed by atoms with Crippen molar-refractivity contribution in [2.24, 2.45) is 5.92 Å². The smallest absolute Gasteiger partial charge is 0.227 e. The van der Waals surface area contributed by atoms with Gasteiger partial charge in [0.15, 0.2) is 0 Å². The molecule has 0 N–H and O–H groups in total. The fraction of sp³-hybridized carbons (Fsp3) is 0.571. The van der Waals surface area contributed by atoms with Crippen molar-refractivity contribution in [3.8, 4) is 0 Å². The first-order chi connectivity index (χ1) is 13.5. The molecule has 0 saturated carbocycles. The van der Waals surface area contributed by atoms with Crippen molar-refractivity contribution in [3.63, 3.8) is 0 Å². The predicted molar refractivity (Wildman–Crippen MR) is 110 cm³/mol. The maximum absolute atomic E-state index is 12.5. The lowest BCUT2D eigenvalue weighted by molar-refractivity contribution is 0.0957. The van der Waals surface area contributed by atoms with Gasteiger partial charge in [0.1, 0.15) is 0 Å². The first-order valence-corrected chi connectivity index (χ1v) is 11.7. The maximum atomic E-state index is 12.5. The summed E-state index contributed by atoms with van der Waals surface area (Å²) in [5, 5.41) is 0.204. The van der Waals surface area contributed by atoms with E-state index in [9.17, 15) is 8.42 Å². The summed E-state index contributed by atoms with van der Waals surface area (Å²) >= 11 is 0. The molecule has 0 radical (unpaired) electrons. The van der Waals surface area contributed by atoms with Gasteiger partial charge in [-0.1, -0.05) is 37.3 Å². The summed E-state index contributed by atoms with van der Waals surface area (Å²) in [6.07, 6.45) is 4.76. The molecular formula is C21H31N3O3S. The Balaban J connectivity index is 1.75. The van der Waals surface area contributed by atoms with Crippen LogP contribution in [0.3, 0.4) is 0 Å². The van der Waals surface area contributed by atoms with Crippen LogP contribution < -0.4 is 0 Å². The third kappa shape index (κ3) is 5.21. The van der Waals surface area contributed by atoms with Crippen LogP contribution in [0.1, 0.15) is 31.0 Å². The molecule has 0 spiro atoms. The molecule has 1 aromatic carbocycles. The molecule has 2 heterocycles. The number of ether oxygens (including phenoxy) is 1. The summed E-state index contributed by atoms with van der Waals surface area (Å²) < 4.78 is 32.3. The van der Waals surface area contributed by atoms with Crippen molar-refractivity contribution >= 4 is 9.84 Å². The Bertz CT molecular complexity index is 841. The van der Waals surface area contributed by atoms with Crippen LogP contribution in [0.4, 0.5) is 0 Å². The molecule has 7 heteroatoms. The Labute approximate surface area is 168 Å². The lowest BCUT2D eigenvalue weighted by Crippen LogP contribution is -2.35. The number of benzene rings is 1. The second-order valence-electron chi connectivity index (χ2n) is 7.50. The molecule has 1 saturated heterocycles. The Morgan fingerprint density at radius 3 is 2.54 bits per heavy atom. The highest BCUT2D eigenvalue weighted by Gasteiger charge is 2.24. The van der Waals surface area contributed by atoms with Gasteiger partial charge < -0.3 is 9.30 Å². The van der Waals surface area contributed by atoms with Crippen LogP contribution in [-0.4, -0.2) is 55.4 Å². The number of sulfone groups is 1. The molecule has 1 aromatic heterocycles. The second kappa shape index (κ2) is 9.67. The van der Waals surface area contributed by atoms with Crippen LogP contribution in [0.25, 0.3) is 0 Å². The van der Waals surface area contributed by atoms with E-state index >= 15 is 0 Å². The first kappa shape index (κ1) is 21.0. The van der Waals surface area contributed by atoms with Gasteiger partial charge in [0.05, 0.1) is 17.6 Å². The number of imidazole rings is 1. The van der Waals surface area contributed by atoms with Crippen LogP contribution >= 0.6 is 0 Å². The first-order valence-electron chi connectivity index (χ1n) is 10.1. The summed E-state index contributed by atoms with van der Waals surface area (Å²) in [6.45, 7) is 5.86. The van der Waals surface area contributed by atoms with Gasteiger partial charge in [-0.25, -0.2) is 13.4 Å². The van der Waals surface area contributed by atoms with Crippen molar-refractivity contribution in [1.82, 2.24) is 14.5 Å². The number of methoxy groups -OCH3 is 1. The third-order valence-electron chi connectivity index (χ3n) is 5.52. The van der Waals surface area contributed by atoms with E-state index in [4.69, 9.17) is 4.74 Å². The number of hydrogen-bond donors (Lipinski definition) is 0. The molecule has 1 aliphatic rings. The minimum absolute atomic E-state index is 0.0667. The summed E-state index contributed by atoms with van der Waals surface area (Å²) in [5.74, 6) is 0.692. The predicted octanol–water partition coefficient (Wildman–Crippen LogP) is 2.78. The number of likely N-dealkylation sites (tertiary alicyclic amines) is 1. The maximum Gasteiger partial charge on any atom is 0.227 e. The molecule has 6 nitrogen and oxygen atoms in total. The van der Waals surface area contributed by atoms with E-state index in [0.29, 0.717) is 12.5 Å². The summed E-state index contributed by atoms with van der Waals surface area (Å²) in [7, 11) is -1.60. The zero-order valence-corrected chi connectivity index (χ0v) is 17.7. The standard InChI is InChI=1S/C21H31N3O3S/c1-3-28(25,26)21-22-15-20(16-23-12-9-19(10-13-23)17-27-2)24(21)14-11-18-7-5-4-6-8-18/h4-8,15,19H,3,9-14,16-17H2,1-2H3. The quantitative estimate of drug-likeness (QED) is 0.642. The van der Waals surface area contributed by atoms with Gasteiger partial charge in [0.25, 0.3) is 0 Å². The third-order valence-corrected chi connectivity index (χ3v) is 7.16. The van der Waals surface area contributed by atoms with Gasteiger partial charge in [-0.05, 0) is 43.8 Å². The average molecular weight is 406 g/mol. The number of nitrogens with zero attached hydrogens (tertiary/aromatic N) is 3. The van der Waals surface area contributed by atoms with E-state index in [1.54, 1.807) is 20.2 Å². The molecule has 0 aliphatic carbocycles. The minimum Gasteiger partial charge on any atom is -0.384 e. The Hall–Kier alpha value is -1.70. The fourth-order valence-corrected chi connectivity index (χ4v) is 4.81. The minimum atomic E-state index is -3.35. The van der Waals surface area contributed by atoms with E-state index in [1.165, 1.54) is 5.56 Å². The Morgan fingerprint density at radius 1 is 1.18 bits per heavy atom. The molecule has 0 unspecified atom stereocenters. The van der Waals surface area contributed by atoms with E-state index < -0.39 is 9.84 Å².